The summed E-state index contributed by atoms with van der Waals surface area (Å²) in [5, 5.41) is 18.1. The van der Waals surface area contributed by atoms with Crippen molar-refractivity contribution < 1.29 is 15.0 Å². The molecule has 1 aromatic carbocycles. The number of fused-ring (bicyclic) bond motifs is 1. The highest BCUT2D eigenvalue weighted by atomic mass is 16.4. The monoisotopic (exact) mass is 290 g/mol. The predicted octanol–water partition coefficient (Wildman–Crippen LogP) is 2.71. The lowest BCUT2D eigenvalue weighted by Crippen LogP contribution is -2.12. The van der Waals surface area contributed by atoms with Gasteiger partial charge in [-0.3, -0.25) is 0 Å². The van der Waals surface area contributed by atoms with Crippen LogP contribution in [0.25, 0.3) is 11.0 Å². The molecule has 5 nitrogen and oxygen atoms in total. The van der Waals surface area contributed by atoms with Crippen molar-refractivity contribution in [2.24, 2.45) is 5.92 Å². The van der Waals surface area contributed by atoms with E-state index in [1.807, 2.05) is 6.07 Å². The molecule has 0 bridgehead atoms. The third kappa shape index (κ3) is 3.42. The van der Waals surface area contributed by atoms with Gasteiger partial charge in [0.2, 0.25) is 0 Å². The number of aromatic carboxylic acids is 1. The number of benzene rings is 1. The molecule has 0 aliphatic heterocycles. The highest BCUT2D eigenvalue weighted by molar-refractivity contribution is 5.92. The van der Waals surface area contributed by atoms with Crippen molar-refractivity contribution in [2.45, 2.75) is 39.7 Å². The zero-order chi connectivity index (χ0) is 15.4. The summed E-state index contributed by atoms with van der Waals surface area (Å²) >= 11 is 0. The fourth-order valence-electron chi connectivity index (χ4n) is 2.55. The highest BCUT2D eigenvalue weighted by Gasteiger charge is 2.14. The molecule has 0 fully saturated rings. The topological polar surface area (TPSA) is 75.3 Å². The van der Waals surface area contributed by atoms with E-state index < -0.39 is 5.97 Å². The summed E-state index contributed by atoms with van der Waals surface area (Å²) in [4.78, 5) is 15.7. The third-order valence-electron chi connectivity index (χ3n) is 3.66. The van der Waals surface area contributed by atoms with Crippen LogP contribution in [0.1, 0.15) is 42.9 Å². The van der Waals surface area contributed by atoms with Crippen LogP contribution in [0.4, 0.5) is 0 Å². The summed E-state index contributed by atoms with van der Waals surface area (Å²) in [6.07, 6.45) is 2.60. The number of nitrogens with zero attached hydrogens (tertiary/aromatic N) is 2. The first-order chi connectivity index (χ1) is 10.1. The summed E-state index contributed by atoms with van der Waals surface area (Å²) < 4.78 is 2.16. The van der Waals surface area contributed by atoms with Gasteiger partial charge in [0, 0.05) is 19.6 Å². The molecule has 2 rings (SSSR count). The van der Waals surface area contributed by atoms with Crippen LogP contribution in [-0.2, 0) is 13.0 Å². The number of aliphatic hydroxyl groups excluding tert-OH is 1. The fourth-order valence-corrected chi connectivity index (χ4v) is 2.55. The number of carbonyl (C=O) groups is 1. The quantitative estimate of drug-likeness (QED) is 0.822. The number of imidazole rings is 1. The predicted molar refractivity (Wildman–Crippen MR) is 81.6 cm³/mol. The minimum Gasteiger partial charge on any atom is -0.478 e. The summed E-state index contributed by atoms with van der Waals surface area (Å²) in [6.45, 7) is 5.17. The molecule has 5 heteroatoms. The molecular formula is C16H22N2O3. The zero-order valence-electron chi connectivity index (χ0n) is 12.5. The molecule has 0 radical (unpaired) electrons. The average Bonchev–Trinajstić information content (AvgIpc) is 2.76. The van der Waals surface area contributed by atoms with Crippen molar-refractivity contribution in [2.75, 3.05) is 6.61 Å². The van der Waals surface area contributed by atoms with Gasteiger partial charge in [-0.25, -0.2) is 9.78 Å². The number of rotatable bonds is 7. The van der Waals surface area contributed by atoms with Gasteiger partial charge in [0.1, 0.15) is 5.82 Å². The SMILES string of the molecule is CCCc1nc2cc(C(=O)O)ccc2n1CC(C)CCO. The van der Waals surface area contributed by atoms with Crippen molar-refractivity contribution in [1.82, 2.24) is 9.55 Å². The Morgan fingerprint density at radius 2 is 2.19 bits per heavy atom. The lowest BCUT2D eigenvalue weighted by atomic mass is 10.1. The molecule has 2 aromatic rings. The van der Waals surface area contributed by atoms with Gasteiger partial charge >= 0.3 is 5.97 Å². The Morgan fingerprint density at radius 1 is 1.43 bits per heavy atom. The van der Waals surface area contributed by atoms with Gasteiger partial charge in [0.05, 0.1) is 16.6 Å². The van der Waals surface area contributed by atoms with Gasteiger partial charge in [-0.2, -0.15) is 0 Å². The van der Waals surface area contributed by atoms with E-state index in [1.54, 1.807) is 12.1 Å². The number of carboxylic acid groups (broad SMARTS) is 1. The summed E-state index contributed by atoms with van der Waals surface area (Å²) in [5.74, 6) is 0.402. The van der Waals surface area contributed by atoms with E-state index in [1.165, 1.54) is 0 Å². The Morgan fingerprint density at radius 3 is 2.81 bits per heavy atom. The maximum Gasteiger partial charge on any atom is 0.335 e. The van der Waals surface area contributed by atoms with Crippen molar-refractivity contribution in [3.63, 3.8) is 0 Å². The largest absolute Gasteiger partial charge is 0.478 e. The Hall–Kier alpha value is -1.88. The summed E-state index contributed by atoms with van der Waals surface area (Å²) in [6, 6.07) is 5.08. The third-order valence-corrected chi connectivity index (χ3v) is 3.66. The minimum absolute atomic E-state index is 0.181. The smallest absolute Gasteiger partial charge is 0.335 e. The summed E-state index contributed by atoms with van der Waals surface area (Å²) in [5.41, 5.74) is 1.96. The number of aromatic nitrogens is 2. The second-order valence-corrected chi connectivity index (χ2v) is 5.51. The second kappa shape index (κ2) is 6.72. The lowest BCUT2D eigenvalue weighted by molar-refractivity contribution is 0.0697. The molecule has 1 heterocycles. The minimum atomic E-state index is -0.933. The fraction of sp³-hybridized carbons (Fsp3) is 0.500. The van der Waals surface area contributed by atoms with Gasteiger partial charge in [0.25, 0.3) is 0 Å². The molecule has 114 valence electrons. The number of aryl methyl sites for hydroxylation is 1. The van der Waals surface area contributed by atoms with Crippen LogP contribution in [0, 0.1) is 5.92 Å². The Bertz CT molecular complexity index is 634. The molecule has 1 unspecified atom stereocenters. The molecular weight excluding hydrogens is 268 g/mol. The van der Waals surface area contributed by atoms with Gasteiger partial charge in [-0.15, -0.1) is 0 Å². The molecule has 0 saturated carbocycles. The molecule has 2 N–H and O–H groups in total. The molecule has 0 amide bonds. The van der Waals surface area contributed by atoms with Crippen LogP contribution >= 0.6 is 0 Å². The van der Waals surface area contributed by atoms with Crippen LogP contribution < -0.4 is 0 Å². The van der Waals surface area contributed by atoms with Crippen LogP contribution in [0.2, 0.25) is 0 Å². The molecule has 21 heavy (non-hydrogen) atoms. The molecule has 1 atom stereocenters. The normalized spacial score (nSPS) is 12.7. The Kier molecular flexibility index (Phi) is 4.96. The molecule has 0 aliphatic rings. The maximum absolute atomic E-state index is 11.1. The van der Waals surface area contributed by atoms with E-state index in [0.29, 0.717) is 5.92 Å². The molecule has 0 saturated heterocycles. The number of aliphatic hydroxyl groups is 1. The van der Waals surface area contributed by atoms with Crippen molar-refractivity contribution >= 4 is 17.0 Å². The first-order valence-electron chi connectivity index (χ1n) is 7.40. The van der Waals surface area contributed by atoms with Crippen molar-refractivity contribution in [3.05, 3.63) is 29.6 Å². The first kappa shape index (κ1) is 15.5. The van der Waals surface area contributed by atoms with E-state index in [-0.39, 0.29) is 12.2 Å². The molecule has 0 spiro atoms. The van der Waals surface area contributed by atoms with Crippen LogP contribution in [-0.4, -0.2) is 32.3 Å². The van der Waals surface area contributed by atoms with Crippen molar-refractivity contribution in [3.8, 4) is 0 Å². The van der Waals surface area contributed by atoms with Crippen molar-refractivity contribution in [1.29, 1.82) is 0 Å². The maximum atomic E-state index is 11.1. The van der Waals surface area contributed by atoms with Gasteiger partial charge in [-0.1, -0.05) is 13.8 Å². The zero-order valence-corrected chi connectivity index (χ0v) is 12.5. The highest BCUT2D eigenvalue weighted by Crippen LogP contribution is 2.21. The Balaban J connectivity index is 2.44. The second-order valence-electron chi connectivity index (χ2n) is 5.51. The lowest BCUT2D eigenvalue weighted by Gasteiger charge is -2.14. The van der Waals surface area contributed by atoms with E-state index >= 15 is 0 Å². The standard InChI is InChI=1S/C16H22N2O3/c1-3-4-15-17-13-9-12(16(20)21)5-6-14(13)18(15)10-11(2)7-8-19/h5-6,9,11,19H,3-4,7-8,10H2,1-2H3,(H,20,21). The van der Waals surface area contributed by atoms with E-state index in [4.69, 9.17) is 10.2 Å². The molecule has 0 aliphatic carbocycles. The molecule has 1 aromatic heterocycles. The van der Waals surface area contributed by atoms with Crippen LogP contribution in [0.15, 0.2) is 18.2 Å². The van der Waals surface area contributed by atoms with E-state index in [2.05, 4.69) is 23.4 Å². The number of carboxylic acids is 1. The first-order valence-corrected chi connectivity index (χ1v) is 7.40. The van der Waals surface area contributed by atoms with Crippen LogP contribution in [0.3, 0.4) is 0 Å². The van der Waals surface area contributed by atoms with E-state index in [0.717, 1.165) is 42.7 Å². The number of hydrogen-bond acceptors (Lipinski definition) is 3. The average molecular weight is 290 g/mol. The van der Waals surface area contributed by atoms with Crippen LogP contribution in [0.5, 0.6) is 0 Å². The summed E-state index contributed by atoms with van der Waals surface area (Å²) in [7, 11) is 0. The van der Waals surface area contributed by atoms with Gasteiger partial charge in [0.15, 0.2) is 0 Å². The number of hydrogen-bond donors (Lipinski definition) is 2. The van der Waals surface area contributed by atoms with Gasteiger partial charge in [-0.05, 0) is 37.0 Å². The Labute approximate surface area is 124 Å². The van der Waals surface area contributed by atoms with Gasteiger partial charge < -0.3 is 14.8 Å². The van der Waals surface area contributed by atoms with E-state index in [9.17, 15) is 4.79 Å².